The number of carbonyl (C=O) groups excluding carboxylic acids is 1. The smallest absolute Gasteiger partial charge is 0.155 e. The summed E-state index contributed by atoms with van der Waals surface area (Å²) in [4.78, 5) is 10.9. The third-order valence-corrected chi connectivity index (χ3v) is 3.48. The fourth-order valence-electron chi connectivity index (χ4n) is 1.90. The lowest BCUT2D eigenvalue weighted by Crippen LogP contribution is -2.09. The van der Waals surface area contributed by atoms with E-state index in [1.54, 1.807) is 0 Å². The minimum absolute atomic E-state index is 0.316. The zero-order valence-electron chi connectivity index (χ0n) is 9.03. The molecule has 0 radical (unpaired) electrons. The Hall–Kier alpha value is -0.830. The SMILES string of the molecule is CCc1nn(C(C)C2CC2)c(Cl)c1C=O. The maximum atomic E-state index is 10.9. The first kappa shape index (κ1) is 10.7. The van der Waals surface area contributed by atoms with Crippen molar-refractivity contribution in [1.82, 2.24) is 9.78 Å². The van der Waals surface area contributed by atoms with E-state index < -0.39 is 0 Å². The van der Waals surface area contributed by atoms with Crippen molar-refractivity contribution in [1.29, 1.82) is 0 Å². The highest BCUT2D eigenvalue weighted by Gasteiger charge is 2.31. The molecule has 1 fully saturated rings. The van der Waals surface area contributed by atoms with Crippen LogP contribution in [0.4, 0.5) is 0 Å². The number of rotatable bonds is 4. The molecule has 1 aromatic heterocycles. The lowest BCUT2D eigenvalue weighted by Gasteiger charge is -2.11. The molecule has 1 aliphatic rings. The lowest BCUT2D eigenvalue weighted by atomic mass is 10.2. The number of hydrogen-bond acceptors (Lipinski definition) is 2. The van der Waals surface area contributed by atoms with Crippen LogP contribution >= 0.6 is 11.6 Å². The van der Waals surface area contributed by atoms with Gasteiger partial charge in [-0.25, -0.2) is 4.68 Å². The van der Waals surface area contributed by atoms with E-state index in [1.165, 1.54) is 12.8 Å². The predicted molar refractivity (Wildman–Crippen MR) is 59.4 cm³/mol. The van der Waals surface area contributed by atoms with E-state index in [0.717, 1.165) is 18.4 Å². The molecule has 0 bridgehead atoms. The molecule has 1 unspecified atom stereocenters. The van der Waals surface area contributed by atoms with Crippen LogP contribution in [0.25, 0.3) is 0 Å². The van der Waals surface area contributed by atoms with Crippen LogP contribution in [-0.4, -0.2) is 16.1 Å². The highest BCUT2D eigenvalue weighted by molar-refractivity contribution is 6.32. The lowest BCUT2D eigenvalue weighted by molar-refractivity contribution is 0.112. The quantitative estimate of drug-likeness (QED) is 0.740. The van der Waals surface area contributed by atoms with Crippen molar-refractivity contribution >= 4 is 17.9 Å². The minimum Gasteiger partial charge on any atom is -0.298 e. The molecule has 1 aromatic rings. The van der Waals surface area contributed by atoms with Crippen molar-refractivity contribution in [2.45, 2.75) is 39.2 Å². The fourth-order valence-corrected chi connectivity index (χ4v) is 2.24. The van der Waals surface area contributed by atoms with Gasteiger partial charge < -0.3 is 0 Å². The summed E-state index contributed by atoms with van der Waals surface area (Å²) >= 11 is 6.14. The van der Waals surface area contributed by atoms with E-state index in [-0.39, 0.29) is 0 Å². The summed E-state index contributed by atoms with van der Waals surface area (Å²) in [6.07, 6.45) is 4.05. The molecule has 0 saturated heterocycles. The van der Waals surface area contributed by atoms with Crippen molar-refractivity contribution in [2.75, 3.05) is 0 Å². The maximum Gasteiger partial charge on any atom is 0.155 e. The molecule has 82 valence electrons. The number of carbonyl (C=O) groups is 1. The third kappa shape index (κ3) is 1.81. The van der Waals surface area contributed by atoms with Gasteiger partial charge in [-0.05, 0) is 32.1 Å². The van der Waals surface area contributed by atoms with Gasteiger partial charge in [-0.2, -0.15) is 5.10 Å². The molecule has 1 aliphatic carbocycles. The van der Waals surface area contributed by atoms with Crippen LogP contribution in [0, 0.1) is 5.92 Å². The zero-order chi connectivity index (χ0) is 11.0. The van der Waals surface area contributed by atoms with E-state index in [4.69, 9.17) is 11.6 Å². The molecule has 15 heavy (non-hydrogen) atoms. The van der Waals surface area contributed by atoms with Crippen LogP contribution in [0.15, 0.2) is 0 Å². The first-order chi connectivity index (χ1) is 7.19. The zero-order valence-corrected chi connectivity index (χ0v) is 9.79. The van der Waals surface area contributed by atoms with Gasteiger partial charge in [0.05, 0.1) is 17.3 Å². The van der Waals surface area contributed by atoms with E-state index in [2.05, 4.69) is 12.0 Å². The maximum absolute atomic E-state index is 10.9. The number of hydrogen-bond donors (Lipinski definition) is 0. The molecule has 0 aromatic carbocycles. The van der Waals surface area contributed by atoms with E-state index in [0.29, 0.717) is 22.7 Å². The van der Waals surface area contributed by atoms with Crippen molar-refractivity contribution in [3.63, 3.8) is 0 Å². The van der Waals surface area contributed by atoms with E-state index in [1.807, 2.05) is 11.6 Å². The van der Waals surface area contributed by atoms with Crippen LogP contribution in [0.3, 0.4) is 0 Å². The van der Waals surface area contributed by atoms with Crippen LogP contribution in [0.5, 0.6) is 0 Å². The summed E-state index contributed by atoms with van der Waals surface area (Å²) < 4.78 is 1.81. The van der Waals surface area contributed by atoms with Gasteiger partial charge in [0, 0.05) is 0 Å². The molecule has 0 aliphatic heterocycles. The Kier molecular flexibility index (Phi) is 2.83. The second-order valence-corrected chi connectivity index (χ2v) is 4.50. The van der Waals surface area contributed by atoms with Gasteiger partial charge >= 0.3 is 0 Å². The van der Waals surface area contributed by atoms with Gasteiger partial charge in [-0.1, -0.05) is 18.5 Å². The van der Waals surface area contributed by atoms with Crippen molar-refractivity contribution in [3.05, 3.63) is 16.4 Å². The molecule has 1 atom stereocenters. The Bertz CT molecular complexity index is 382. The monoisotopic (exact) mass is 226 g/mol. The van der Waals surface area contributed by atoms with Gasteiger partial charge in [0.2, 0.25) is 0 Å². The molecule has 3 nitrogen and oxygen atoms in total. The van der Waals surface area contributed by atoms with Crippen molar-refractivity contribution < 1.29 is 4.79 Å². The molecule has 0 N–H and O–H groups in total. The van der Waals surface area contributed by atoms with Crippen LogP contribution < -0.4 is 0 Å². The Morgan fingerprint density at radius 2 is 2.33 bits per heavy atom. The van der Waals surface area contributed by atoms with E-state index in [9.17, 15) is 4.79 Å². The molecule has 4 heteroatoms. The molecule has 0 spiro atoms. The summed E-state index contributed by atoms with van der Waals surface area (Å²) in [6, 6.07) is 0.316. The topological polar surface area (TPSA) is 34.9 Å². The molecule has 0 amide bonds. The van der Waals surface area contributed by atoms with Gasteiger partial charge in [0.15, 0.2) is 6.29 Å². The number of aromatic nitrogens is 2. The summed E-state index contributed by atoms with van der Waals surface area (Å²) in [5, 5.41) is 4.91. The fraction of sp³-hybridized carbons (Fsp3) is 0.636. The Morgan fingerprint density at radius 3 is 2.73 bits per heavy atom. The largest absolute Gasteiger partial charge is 0.298 e. The second kappa shape index (κ2) is 3.97. The van der Waals surface area contributed by atoms with Crippen molar-refractivity contribution in [2.24, 2.45) is 5.92 Å². The van der Waals surface area contributed by atoms with Crippen LogP contribution in [0.2, 0.25) is 5.15 Å². The first-order valence-electron chi connectivity index (χ1n) is 5.41. The summed E-state index contributed by atoms with van der Waals surface area (Å²) in [5.41, 5.74) is 1.37. The average Bonchev–Trinajstić information content (AvgIpc) is 3.02. The van der Waals surface area contributed by atoms with Gasteiger partial charge in [0.25, 0.3) is 0 Å². The summed E-state index contributed by atoms with van der Waals surface area (Å²) in [7, 11) is 0. The molecule has 2 rings (SSSR count). The van der Waals surface area contributed by atoms with Crippen LogP contribution in [-0.2, 0) is 6.42 Å². The molecular formula is C11H15ClN2O. The molecule has 1 heterocycles. The highest BCUT2D eigenvalue weighted by atomic mass is 35.5. The first-order valence-corrected chi connectivity index (χ1v) is 5.78. The molecule has 1 saturated carbocycles. The Balaban J connectivity index is 2.38. The van der Waals surface area contributed by atoms with Crippen LogP contribution in [0.1, 0.15) is 48.8 Å². The Morgan fingerprint density at radius 1 is 1.67 bits per heavy atom. The summed E-state index contributed by atoms with van der Waals surface area (Å²) in [5.74, 6) is 0.687. The predicted octanol–water partition coefficient (Wildman–Crippen LogP) is 2.88. The van der Waals surface area contributed by atoms with Gasteiger partial charge in [0.1, 0.15) is 5.15 Å². The average molecular weight is 227 g/mol. The van der Waals surface area contributed by atoms with Gasteiger partial charge in [-0.15, -0.1) is 0 Å². The minimum atomic E-state index is 0.316. The van der Waals surface area contributed by atoms with E-state index >= 15 is 0 Å². The standard InChI is InChI=1S/C11H15ClN2O/c1-3-10-9(6-15)11(12)14(13-10)7(2)8-4-5-8/h6-8H,3-5H2,1-2H3. The molecular weight excluding hydrogens is 212 g/mol. The normalized spacial score (nSPS) is 17.8. The summed E-state index contributed by atoms with van der Waals surface area (Å²) in [6.45, 7) is 4.10. The van der Waals surface area contributed by atoms with Gasteiger partial charge in [-0.3, -0.25) is 4.79 Å². The number of halogens is 1. The number of aldehydes is 1. The van der Waals surface area contributed by atoms with Crippen molar-refractivity contribution in [3.8, 4) is 0 Å². The highest BCUT2D eigenvalue weighted by Crippen LogP contribution is 2.40. The third-order valence-electron chi connectivity index (χ3n) is 3.11. The number of aryl methyl sites for hydroxylation is 1. The Labute approximate surface area is 94.4 Å². The second-order valence-electron chi connectivity index (χ2n) is 4.15. The number of nitrogens with zero attached hydrogens (tertiary/aromatic N) is 2.